The summed E-state index contributed by atoms with van der Waals surface area (Å²) in [4.78, 5) is 20.7. The molecular weight excluding hydrogens is 375 g/mol. The quantitative estimate of drug-likeness (QED) is 0.669. The fourth-order valence-electron chi connectivity index (χ4n) is 1.05. The van der Waals surface area contributed by atoms with Crippen LogP contribution < -0.4 is 0 Å². The molecule has 0 radical (unpaired) electrons. The van der Waals surface area contributed by atoms with Gasteiger partial charge in [-0.3, -0.25) is 9.59 Å². The SMILES string of the molecule is O.O=C(O)C1(C(=O)O)CCC1.[NH2-].[NH2-].[Pt+4]. The first-order chi connectivity index (χ1) is 4.59. The predicted molar refractivity (Wildman–Crippen MR) is 45.7 cm³/mol. The van der Waals surface area contributed by atoms with E-state index in [4.69, 9.17) is 10.2 Å². The molecule has 1 aliphatic carbocycles. The molecule has 7 nitrogen and oxygen atoms in total. The van der Waals surface area contributed by atoms with Crippen LogP contribution in [0.4, 0.5) is 0 Å². The Morgan fingerprint density at radius 2 is 1.29 bits per heavy atom. The fraction of sp³-hybridized carbons (Fsp3) is 0.667. The molecule has 0 unspecified atom stereocenters. The number of carboxylic acid groups (broad SMARTS) is 2. The molecule has 0 amide bonds. The summed E-state index contributed by atoms with van der Waals surface area (Å²) in [6.45, 7) is 0. The minimum atomic E-state index is -1.44. The molecule has 1 fully saturated rings. The average Bonchev–Trinajstić information content (AvgIpc) is 1.57. The first-order valence-electron chi connectivity index (χ1n) is 3.06. The molecule has 0 saturated heterocycles. The number of hydrogen-bond donors (Lipinski definition) is 2. The molecule has 0 heterocycles. The third-order valence-electron chi connectivity index (χ3n) is 2.03. The predicted octanol–water partition coefficient (Wildman–Crippen LogP) is 0.933. The van der Waals surface area contributed by atoms with Crippen LogP contribution >= 0.6 is 0 Å². The summed E-state index contributed by atoms with van der Waals surface area (Å²) >= 11 is 0. The fourth-order valence-corrected chi connectivity index (χ4v) is 1.05. The third-order valence-corrected chi connectivity index (χ3v) is 2.03. The van der Waals surface area contributed by atoms with E-state index in [0.29, 0.717) is 6.42 Å². The van der Waals surface area contributed by atoms with Gasteiger partial charge in [-0.15, -0.1) is 0 Å². The van der Waals surface area contributed by atoms with E-state index < -0.39 is 17.4 Å². The Hall–Kier alpha value is -0.492. The van der Waals surface area contributed by atoms with Crippen molar-refractivity contribution in [1.82, 2.24) is 0 Å². The van der Waals surface area contributed by atoms with Gasteiger partial charge in [0.25, 0.3) is 0 Å². The van der Waals surface area contributed by atoms with Crippen molar-refractivity contribution in [2.24, 2.45) is 5.41 Å². The normalized spacial score (nSPS) is 15.1. The van der Waals surface area contributed by atoms with Crippen molar-refractivity contribution >= 4 is 11.9 Å². The molecule has 1 saturated carbocycles. The average molecular weight is 389 g/mol. The molecule has 86 valence electrons. The van der Waals surface area contributed by atoms with E-state index in [-0.39, 0.29) is 51.7 Å². The molecule has 0 aromatic carbocycles. The third kappa shape index (κ3) is 3.34. The van der Waals surface area contributed by atoms with Gasteiger partial charge in [0.15, 0.2) is 5.41 Å². The standard InChI is InChI=1S/C6H8O4.2H2N.H2O.Pt/c7-4(8)6(5(9)10)2-1-3-6;;;;/h1-3H2,(H,7,8)(H,9,10);3*1H2;/q;2*-1;;+4. The van der Waals surface area contributed by atoms with E-state index in [1.165, 1.54) is 0 Å². The van der Waals surface area contributed by atoms with Gasteiger partial charge in [0.1, 0.15) is 0 Å². The van der Waals surface area contributed by atoms with Crippen LogP contribution in [-0.2, 0) is 30.7 Å². The van der Waals surface area contributed by atoms with Gasteiger partial charge in [0, 0.05) is 0 Å². The van der Waals surface area contributed by atoms with Crippen molar-refractivity contribution in [3.63, 3.8) is 0 Å². The summed E-state index contributed by atoms with van der Waals surface area (Å²) in [5.74, 6) is -2.41. The smallest absolute Gasteiger partial charge is 0.693 e. The Kier molecular flexibility index (Phi) is 13.1. The van der Waals surface area contributed by atoms with E-state index in [9.17, 15) is 9.59 Å². The summed E-state index contributed by atoms with van der Waals surface area (Å²) in [5, 5.41) is 16.9. The molecule has 0 aromatic heterocycles. The maximum absolute atomic E-state index is 10.4. The van der Waals surface area contributed by atoms with E-state index in [1.807, 2.05) is 0 Å². The molecule has 0 spiro atoms. The van der Waals surface area contributed by atoms with Crippen LogP contribution in [0.2, 0.25) is 0 Å². The molecule has 8 heteroatoms. The van der Waals surface area contributed by atoms with Gasteiger partial charge in [0.2, 0.25) is 0 Å². The second kappa shape index (κ2) is 7.87. The molecule has 0 atom stereocenters. The van der Waals surface area contributed by atoms with E-state index >= 15 is 0 Å². The maximum atomic E-state index is 10.4. The zero-order valence-corrected chi connectivity index (χ0v) is 9.58. The largest absolute Gasteiger partial charge is 4.00 e. The topological polar surface area (TPSA) is 173 Å². The molecule has 1 aliphatic rings. The first-order valence-corrected chi connectivity index (χ1v) is 3.06. The van der Waals surface area contributed by atoms with Crippen molar-refractivity contribution in [1.29, 1.82) is 0 Å². The number of hydrogen-bond acceptors (Lipinski definition) is 2. The van der Waals surface area contributed by atoms with Gasteiger partial charge in [-0.2, -0.15) is 0 Å². The summed E-state index contributed by atoms with van der Waals surface area (Å²) in [5.41, 5.74) is -1.44. The molecule has 8 N–H and O–H groups in total. The summed E-state index contributed by atoms with van der Waals surface area (Å²) in [6, 6.07) is 0. The molecular formula is C6H14N2O5Pt+2. The van der Waals surface area contributed by atoms with Crippen LogP contribution in [0.15, 0.2) is 0 Å². The van der Waals surface area contributed by atoms with Crippen LogP contribution in [0.1, 0.15) is 19.3 Å². The van der Waals surface area contributed by atoms with Gasteiger partial charge < -0.3 is 28.0 Å². The van der Waals surface area contributed by atoms with Crippen molar-refractivity contribution in [3.05, 3.63) is 12.3 Å². The summed E-state index contributed by atoms with van der Waals surface area (Å²) in [6.07, 6.45) is 1.26. The second-order valence-corrected chi connectivity index (χ2v) is 2.55. The number of nitrogens with two attached hydrogens (primary N) is 2. The van der Waals surface area contributed by atoms with Crippen LogP contribution in [0.3, 0.4) is 0 Å². The number of carbonyl (C=O) groups is 2. The van der Waals surface area contributed by atoms with E-state index in [2.05, 4.69) is 0 Å². The Morgan fingerprint density at radius 3 is 1.29 bits per heavy atom. The maximum Gasteiger partial charge on any atom is 4.00 e. The number of rotatable bonds is 2. The first kappa shape index (κ1) is 23.4. The second-order valence-electron chi connectivity index (χ2n) is 2.55. The van der Waals surface area contributed by atoms with Gasteiger partial charge in [0.05, 0.1) is 0 Å². The van der Waals surface area contributed by atoms with Gasteiger partial charge in [-0.05, 0) is 19.3 Å². The van der Waals surface area contributed by atoms with Gasteiger partial charge in [-0.25, -0.2) is 0 Å². The number of carboxylic acids is 2. The monoisotopic (exact) mass is 389 g/mol. The number of aliphatic carboxylic acids is 2. The Bertz CT molecular complexity index is 179. The Morgan fingerprint density at radius 1 is 1.00 bits per heavy atom. The minimum Gasteiger partial charge on any atom is -0.693 e. The minimum absolute atomic E-state index is 0. The van der Waals surface area contributed by atoms with Crippen LogP contribution in [0.25, 0.3) is 12.3 Å². The summed E-state index contributed by atoms with van der Waals surface area (Å²) < 4.78 is 0. The molecule has 1 rings (SSSR count). The van der Waals surface area contributed by atoms with Crippen LogP contribution in [-0.4, -0.2) is 27.6 Å². The molecule has 0 aliphatic heterocycles. The Labute approximate surface area is 95.6 Å². The molecule has 0 bridgehead atoms. The van der Waals surface area contributed by atoms with Crippen LogP contribution in [0.5, 0.6) is 0 Å². The molecule has 14 heavy (non-hydrogen) atoms. The molecule has 0 aromatic rings. The Balaban J connectivity index is -0.000000125. The van der Waals surface area contributed by atoms with Gasteiger partial charge >= 0.3 is 33.0 Å². The van der Waals surface area contributed by atoms with Gasteiger partial charge in [-0.1, -0.05) is 0 Å². The zero-order valence-electron chi connectivity index (χ0n) is 7.30. The van der Waals surface area contributed by atoms with Crippen molar-refractivity contribution < 1.29 is 46.3 Å². The van der Waals surface area contributed by atoms with Crippen molar-refractivity contribution in [2.45, 2.75) is 19.3 Å². The van der Waals surface area contributed by atoms with Crippen molar-refractivity contribution in [2.75, 3.05) is 0 Å². The van der Waals surface area contributed by atoms with Crippen molar-refractivity contribution in [3.8, 4) is 0 Å². The zero-order chi connectivity index (χ0) is 7.78. The van der Waals surface area contributed by atoms with E-state index in [0.717, 1.165) is 0 Å². The summed E-state index contributed by atoms with van der Waals surface area (Å²) in [7, 11) is 0. The van der Waals surface area contributed by atoms with Crippen LogP contribution in [0, 0.1) is 5.41 Å². The van der Waals surface area contributed by atoms with E-state index in [1.54, 1.807) is 0 Å².